The Bertz CT molecular complexity index is 474. The minimum atomic E-state index is -7.66. The van der Waals surface area contributed by atoms with Gasteiger partial charge in [-0.1, -0.05) is 13.3 Å². The average molecular weight is 428 g/mol. The van der Waals surface area contributed by atoms with Gasteiger partial charge in [-0.3, -0.25) is 4.74 Å². The number of halogens is 15. The van der Waals surface area contributed by atoms with Crippen molar-refractivity contribution in [3.05, 3.63) is 0 Å². The summed E-state index contributed by atoms with van der Waals surface area (Å²) in [5, 5.41) is 0. The molecule has 0 saturated heterocycles. The highest BCUT2D eigenvalue weighted by Gasteiger charge is 2.86. The highest BCUT2D eigenvalue weighted by molar-refractivity contribution is 5.02. The summed E-state index contributed by atoms with van der Waals surface area (Å²) in [7, 11) is 0. The minimum Gasteiger partial charge on any atom is -0.262 e. The fourth-order valence-corrected chi connectivity index (χ4v) is 1.40. The highest BCUT2D eigenvalue weighted by atomic mass is 19.4. The van der Waals surface area contributed by atoms with Gasteiger partial charge in [-0.05, 0) is 0 Å². The van der Waals surface area contributed by atoms with Gasteiger partial charge < -0.3 is 0 Å². The van der Waals surface area contributed by atoms with Crippen LogP contribution >= 0.6 is 0 Å². The van der Waals surface area contributed by atoms with Crippen LogP contribution in [0.25, 0.3) is 0 Å². The number of hydrogen-bond acceptors (Lipinski definition) is 1. The van der Waals surface area contributed by atoms with Gasteiger partial charge in [0.2, 0.25) is 0 Å². The Balaban J connectivity index is 6.22. The zero-order valence-electron chi connectivity index (χ0n) is 12.0. The first-order valence-corrected chi connectivity index (χ1v) is 6.05. The molecule has 0 heterocycles. The first-order chi connectivity index (χ1) is 11.0. The Labute approximate surface area is 134 Å². The summed E-state index contributed by atoms with van der Waals surface area (Å²) in [6, 6.07) is 0. The van der Waals surface area contributed by atoms with Crippen molar-refractivity contribution in [2.24, 2.45) is 0 Å². The number of rotatable bonds is 7. The van der Waals surface area contributed by atoms with E-state index in [2.05, 4.69) is 0 Å². The van der Waals surface area contributed by atoms with Crippen LogP contribution in [0.1, 0.15) is 19.8 Å². The lowest BCUT2D eigenvalue weighted by molar-refractivity contribution is -0.520. The van der Waals surface area contributed by atoms with Crippen LogP contribution in [0.15, 0.2) is 0 Å². The molecule has 0 aromatic carbocycles. The lowest BCUT2D eigenvalue weighted by Crippen LogP contribution is -2.67. The molecule has 0 aliphatic carbocycles. The van der Waals surface area contributed by atoms with E-state index in [0.29, 0.717) is 6.92 Å². The molecule has 0 N–H and O–H groups in total. The predicted octanol–water partition coefficient (Wildman–Crippen LogP) is 6.09. The van der Waals surface area contributed by atoms with E-state index in [4.69, 9.17) is 0 Å². The molecule has 0 bridgehead atoms. The average Bonchev–Trinajstić information content (AvgIpc) is 2.34. The lowest BCUT2D eigenvalue weighted by atomic mass is 9.99. The normalized spacial score (nSPS) is 16.2. The van der Waals surface area contributed by atoms with E-state index in [1.54, 1.807) is 0 Å². The summed E-state index contributed by atoms with van der Waals surface area (Å²) in [5.41, 5.74) is 0. The van der Waals surface area contributed by atoms with Gasteiger partial charge >= 0.3 is 42.1 Å². The standard InChI is InChI=1S/C10H7F15O/c1-2-3-4(11,12)5(13,14)6(15,16)10(24,25)26-7(17,8(18,19)20)9(21,22)23/h2-3H2,1H3. The topological polar surface area (TPSA) is 9.23 Å². The van der Waals surface area contributed by atoms with Crippen LogP contribution in [0.4, 0.5) is 65.9 Å². The van der Waals surface area contributed by atoms with Crippen LogP contribution in [0, 0.1) is 0 Å². The van der Waals surface area contributed by atoms with Crippen molar-refractivity contribution in [1.29, 1.82) is 0 Å². The van der Waals surface area contributed by atoms with Gasteiger partial charge in [-0.2, -0.15) is 65.9 Å². The van der Waals surface area contributed by atoms with E-state index in [-0.39, 0.29) is 0 Å². The second-order valence-corrected chi connectivity index (χ2v) is 4.81. The Morgan fingerprint density at radius 2 is 0.923 bits per heavy atom. The van der Waals surface area contributed by atoms with Crippen LogP contribution in [0.2, 0.25) is 0 Å². The van der Waals surface area contributed by atoms with Crippen molar-refractivity contribution in [2.45, 2.75) is 61.8 Å². The minimum absolute atomic E-state index is 0.691. The van der Waals surface area contributed by atoms with Gasteiger partial charge in [-0.15, -0.1) is 0 Å². The van der Waals surface area contributed by atoms with Gasteiger partial charge in [0, 0.05) is 6.42 Å². The smallest absolute Gasteiger partial charge is 0.262 e. The van der Waals surface area contributed by atoms with Crippen molar-refractivity contribution >= 4 is 0 Å². The van der Waals surface area contributed by atoms with E-state index in [0.717, 1.165) is 0 Å². The number of hydrogen-bond donors (Lipinski definition) is 0. The summed E-state index contributed by atoms with van der Waals surface area (Å²) < 4.78 is 191. The third-order valence-electron chi connectivity index (χ3n) is 2.78. The van der Waals surface area contributed by atoms with E-state index in [1.807, 2.05) is 0 Å². The molecule has 0 fully saturated rings. The van der Waals surface area contributed by atoms with Gasteiger partial charge in [0.1, 0.15) is 0 Å². The molecule has 0 saturated carbocycles. The van der Waals surface area contributed by atoms with Gasteiger partial charge in [-0.25, -0.2) is 0 Å². The molecule has 0 aromatic rings. The third kappa shape index (κ3) is 3.78. The molecule has 158 valence electrons. The molecule has 0 aliphatic rings. The predicted molar refractivity (Wildman–Crippen MR) is 51.7 cm³/mol. The molecular weight excluding hydrogens is 421 g/mol. The van der Waals surface area contributed by atoms with Crippen molar-refractivity contribution < 1.29 is 70.6 Å². The summed E-state index contributed by atoms with van der Waals surface area (Å²) in [4.78, 5) is 0. The van der Waals surface area contributed by atoms with Crippen LogP contribution in [-0.4, -0.2) is 42.1 Å². The second kappa shape index (κ2) is 6.51. The number of alkyl halides is 15. The summed E-state index contributed by atoms with van der Waals surface area (Å²) in [6.07, 6.45) is -25.9. The van der Waals surface area contributed by atoms with Gasteiger partial charge in [0.05, 0.1) is 0 Å². The Hall–Kier alpha value is -1.09. The van der Waals surface area contributed by atoms with Gasteiger partial charge in [0.15, 0.2) is 0 Å². The molecule has 26 heavy (non-hydrogen) atoms. The van der Waals surface area contributed by atoms with E-state index < -0.39 is 54.9 Å². The third-order valence-corrected chi connectivity index (χ3v) is 2.78. The molecule has 0 amide bonds. The largest absolute Gasteiger partial charge is 0.458 e. The first-order valence-electron chi connectivity index (χ1n) is 6.05. The highest BCUT2D eigenvalue weighted by Crippen LogP contribution is 2.58. The molecular formula is C10H7F15O. The van der Waals surface area contributed by atoms with Crippen LogP contribution in [0.3, 0.4) is 0 Å². The zero-order valence-corrected chi connectivity index (χ0v) is 12.0. The van der Waals surface area contributed by atoms with E-state index >= 15 is 0 Å². The first kappa shape index (κ1) is 24.9. The summed E-state index contributed by atoms with van der Waals surface area (Å²) in [5.74, 6) is -28.4. The van der Waals surface area contributed by atoms with Crippen molar-refractivity contribution in [1.82, 2.24) is 0 Å². The fourth-order valence-electron chi connectivity index (χ4n) is 1.40. The Morgan fingerprint density at radius 3 is 1.19 bits per heavy atom. The van der Waals surface area contributed by atoms with Gasteiger partial charge in [0.25, 0.3) is 0 Å². The van der Waals surface area contributed by atoms with Crippen LogP contribution in [-0.2, 0) is 4.74 Å². The lowest BCUT2D eigenvalue weighted by Gasteiger charge is -2.39. The SMILES string of the molecule is CCCC(F)(F)C(F)(F)C(F)(F)C(F)(F)OC(F)(C(F)(F)F)C(F)(F)F. The van der Waals surface area contributed by atoms with Crippen LogP contribution in [0.5, 0.6) is 0 Å². The molecule has 0 spiro atoms. The molecule has 0 rings (SSSR count). The van der Waals surface area contributed by atoms with E-state index in [9.17, 15) is 65.9 Å². The molecule has 16 heteroatoms. The maximum absolute atomic E-state index is 13.1. The number of ether oxygens (including phenoxy) is 1. The summed E-state index contributed by atoms with van der Waals surface area (Å²) in [6.45, 7) is 0.691. The zero-order chi connectivity index (χ0) is 21.6. The van der Waals surface area contributed by atoms with Crippen LogP contribution < -0.4 is 0 Å². The monoisotopic (exact) mass is 428 g/mol. The maximum atomic E-state index is 13.1. The molecule has 0 atom stereocenters. The van der Waals surface area contributed by atoms with Crippen molar-refractivity contribution in [3.8, 4) is 0 Å². The Kier molecular flexibility index (Phi) is 6.24. The molecule has 1 nitrogen and oxygen atoms in total. The second-order valence-electron chi connectivity index (χ2n) is 4.81. The molecule has 0 aromatic heterocycles. The fraction of sp³-hybridized carbons (Fsp3) is 1.00. The molecule has 0 radical (unpaired) electrons. The molecule has 0 aliphatic heterocycles. The summed E-state index contributed by atoms with van der Waals surface area (Å²) >= 11 is 0. The maximum Gasteiger partial charge on any atom is 0.458 e. The van der Waals surface area contributed by atoms with E-state index in [1.165, 1.54) is 4.74 Å². The van der Waals surface area contributed by atoms with Crippen molar-refractivity contribution in [2.75, 3.05) is 0 Å². The molecule has 0 unspecified atom stereocenters. The quantitative estimate of drug-likeness (QED) is 0.446. The Morgan fingerprint density at radius 1 is 0.577 bits per heavy atom. The van der Waals surface area contributed by atoms with Crippen molar-refractivity contribution in [3.63, 3.8) is 0 Å².